The van der Waals surface area contributed by atoms with Crippen LogP contribution in [-0.2, 0) is 14.8 Å². The number of anilines is 1. The summed E-state index contributed by atoms with van der Waals surface area (Å²) < 4.78 is 27.7. The third-order valence-corrected chi connectivity index (χ3v) is 9.10. The summed E-state index contributed by atoms with van der Waals surface area (Å²) in [4.78, 5) is 29.4. The van der Waals surface area contributed by atoms with Crippen molar-refractivity contribution in [1.82, 2.24) is 9.80 Å². The minimum atomic E-state index is -3.74. The molecule has 1 aliphatic heterocycles. The van der Waals surface area contributed by atoms with Gasteiger partial charge in [-0.2, -0.15) is 0 Å². The third-order valence-electron chi connectivity index (χ3n) is 7.18. The van der Waals surface area contributed by atoms with E-state index in [0.29, 0.717) is 56.3 Å². The maximum atomic E-state index is 13.2. The van der Waals surface area contributed by atoms with Gasteiger partial charge in [-0.25, -0.2) is 8.42 Å². The summed E-state index contributed by atoms with van der Waals surface area (Å²) >= 11 is 0. The first-order valence-corrected chi connectivity index (χ1v) is 14.1. The zero-order valence-corrected chi connectivity index (χ0v) is 21.3. The number of para-hydroxylation sites is 1. The number of amides is 2. The standard InChI is InChI=1S/C27H35N3O4S/c1-2-30(24-10-4-3-5-11-24)35(33,34)25-15-13-23(14-16-25)27(32)29-20-18-28(19-21-29)26(31)17-12-22-8-6-7-9-22/h3-5,10-11,13-16,22H,2,6-9,12,17-21H2,1H3. The minimum absolute atomic E-state index is 0.137. The quantitative estimate of drug-likeness (QED) is 0.549. The molecule has 0 unspecified atom stereocenters. The molecule has 1 heterocycles. The number of sulfonamides is 1. The lowest BCUT2D eigenvalue weighted by Crippen LogP contribution is -2.50. The van der Waals surface area contributed by atoms with Gasteiger partial charge in [-0.15, -0.1) is 0 Å². The lowest BCUT2D eigenvalue weighted by molar-refractivity contribution is -0.133. The van der Waals surface area contributed by atoms with E-state index in [1.165, 1.54) is 42.1 Å². The predicted molar refractivity (Wildman–Crippen MR) is 137 cm³/mol. The van der Waals surface area contributed by atoms with Gasteiger partial charge in [0.1, 0.15) is 0 Å². The molecule has 4 rings (SSSR count). The molecule has 1 saturated carbocycles. The SMILES string of the molecule is CCN(c1ccccc1)S(=O)(=O)c1ccc(C(=O)N2CCN(C(=O)CCC3CCCC3)CC2)cc1. The fourth-order valence-corrected chi connectivity index (χ4v) is 6.58. The minimum Gasteiger partial charge on any atom is -0.339 e. The van der Waals surface area contributed by atoms with Crippen molar-refractivity contribution in [3.63, 3.8) is 0 Å². The van der Waals surface area contributed by atoms with Gasteiger partial charge in [-0.3, -0.25) is 13.9 Å². The lowest BCUT2D eigenvalue weighted by Gasteiger charge is -2.35. The molecular weight excluding hydrogens is 462 g/mol. The summed E-state index contributed by atoms with van der Waals surface area (Å²) in [7, 11) is -3.74. The largest absolute Gasteiger partial charge is 0.339 e. The van der Waals surface area contributed by atoms with Crippen LogP contribution in [0.2, 0.25) is 0 Å². The molecule has 0 aromatic heterocycles. The molecule has 7 nitrogen and oxygen atoms in total. The fourth-order valence-electron chi connectivity index (χ4n) is 5.11. The number of hydrogen-bond acceptors (Lipinski definition) is 4. The first-order chi connectivity index (χ1) is 16.9. The second-order valence-electron chi connectivity index (χ2n) is 9.39. The summed E-state index contributed by atoms with van der Waals surface area (Å²) in [5.41, 5.74) is 1.05. The van der Waals surface area contributed by atoms with Crippen molar-refractivity contribution >= 4 is 27.5 Å². The van der Waals surface area contributed by atoms with Crippen LogP contribution in [0.4, 0.5) is 5.69 Å². The number of hydrogen-bond donors (Lipinski definition) is 0. The number of carbonyl (C=O) groups excluding carboxylic acids is 2. The second kappa shape index (κ2) is 11.2. The van der Waals surface area contributed by atoms with E-state index >= 15 is 0 Å². The van der Waals surface area contributed by atoms with Crippen molar-refractivity contribution in [2.75, 3.05) is 37.0 Å². The molecule has 2 fully saturated rings. The lowest BCUT2D eigenvalue weighted by atomic mass is 10.0. The Morgan fingerprint density at radius 2 is 1.49 bits per heavy atom. The highest BCUT2D eigenvalue weighted by Gasteiger charge is 2.27. The van der Waals surface area contributed by atoms with Crippen LogP contribution in [0.15, 0.2) is 59.5 Å². The van der Waals surface area contributed by atoms with Crippen LogP contribution in [0.3, 0.4) is 0 Å². The van der Waals surface area contributed by atoms with E-state index in [1.54, 1.807) is 48.2 Å². The van der Waals surface area contributed by atoms with E-state index in [4.69, 9.17) is 0 Å². The van der Waals surface area contributed by atoms with Crippen LogP contribution in [0, 0.1) is 5.92 Å². The van der Waals surface area contributed by atoms with Crippen LogP contribution < -0.4 is 4.31 Å². The average molecular weight is 498 g/mol. The Morgan fingerprint density at radius 1 is 0.886 bits per heavy atom. The number of nitrogens with zero attached hydrogens (tertiary/aromatic N) is 3. The van der Waals surface area contributed by atoms with Crippen LogP contribution >= 0.6 is 0 Å². The summed E-state index contributed by atoms with van der Waals surface area (Å²) in [6.45, 7) is 4.17. The molecule has 0 N–H and O–H groups in total. The summed E-state index contributed by atoms with van der Waals surface area (Å²) in [6, 6.07) is 15.1. The van der Waals surface area contributed by atoms with Crippen molar-refractivity contribution in [3.8, 4) is 0 Å². The summed E-state index contributed by atoms with van der Waals surface area (Å²) in [5.74, 6) is 0.755. The Labute approximate surface area is 208 Å². The van der Waals surface area contributed by atoms with Gasteiger partial charge < -0.3 is 9.80 Å². The first kappa shape index (κ1) is 25.2. The van der Waals surface area contributed by atoms with E-state index in [2.05, 4.69) is 0 Å². The predicted octanol–water partition coefficient (Wildman–Crippen LogP) is 4.16. The van der Waals surface area contributed by atoms with Crippen molar-refractivity contribution in [1.29, 1.82) is 0 Å². The molecule has 1 aliphatic carbocycles. The number of carbonyl (C=O) groups is 2. The second-order valence-corrected chi connectivity index (χ2v) is 11.3. The topological polar surface area (TPSA) is 78.0 Å². The van der Waals surface area contributed by atoms with Crippen LogP contribution in [-0.4, -0.2) is 62.8 Å². The molecule has 35 heavy (non-hydrogen) atoms. The summed E-state index contributed by atoms with van der Waals surface area (Å²) in [5, 5.41) is 0. The van der Waals surface area contributed by atoms with Crippen molar-refractivity contribution in [3.05, 3.63) is 60.2 Å². The highest BCUT2D eigenvalue weighted by Crippen LogP contribution is 2.29. The molecule has 0 atom stereocenters. The Bertz CT molecular complexity index is 1100. The van der Waals surface area contributed by atoms with Crippen molar-refractivity contribution in [2.24, 2.45) is 5.92 Å². The van der Waals surface area contributed by atoms with Gasteiger partial charge in [0.2, 0.25) is 5.91 Å². The van der Waals surface area contributed by atoms with E-state index < -0.39 is 10.0 Å². The average Bonchev–Trinajstić information content (AvgIpc) is 3.42. The Morgan fingerprint density at radius 3 is 2.09 bits per heavy atom. The van der Waals surface area contributed by atoms with Crippen molar-refractivity contribution in [2.45, 2.75) is 50.3 Å². The molecule has 0 radical (unpaired) electrons. The Kier molecular flexibility index (Phi) is 8.11. The maximum Gasteiger partial charge on any atom is 0.264 e. The monoisotopic (exact) mass is 497 g/mol. The maximum absolute atomic E-state index is 13.2. The normalized spacial score (nSPS) is 16.9. The van der Waals surface area contributed by atoms with E-state index in [0.717, 1.165) is 6.42 Å². The van der Waals surface area contributed by atoms with Gasteiger partial charge in [0, 0.05) is 44.7 Å². The highest BCUT2D eigenvalue weighted by atomic mass is 32.2. The fraction of sp³-hybridized carbons (Fsp3) is 0.481. The van der Waals surface area contributed by atoms with E-state index in [-0.39, 0.29) is 16.7 Å². The molecule has 2 amide bonds. The molecule has 2 aliphatic rings. The van der Waals surface area contributed by atoms with Crippen molar-refractivity contribution < 1.29 is 18.0 Å². The molecular formula is C27H35N3O4S. The van der Waals surface area contributed by atoms with Gasteiger partial charge in [0.15, 0.2) is 0 Å². The number of rotatable bonds is 8. The third kappa shape index (κ3) is 5.86. The molecule has 0 spiro atoms. The molecule has 2 aromatic rings. The highest BCUT2D eigenvalue weighted by molar-refractivity contribution is 7.92. The zero-order chi connectivity index (χ0) is 24.8. The van der Waals surface area contributed by atoms with Gasteiger partial charge in [-0.05, 0) is 55.7 Å². The van der Waals surface area contributed by atoms with Crippen LogP contribution in [0.25, 0.3) is 0 Å². The van der Waals surface area contributed by atoms with Gasteiger partial charge >= 0.3 is 0 Å². The molecule has 1 saturated heterocycles. The van der Waals surface area contributed by atoms with Gasteiger partial charge in [0.05, 0.1) is 10.6 Å². The Hall–Kier alpha value is -2.87. The molecule has 8 heteroatoms. The van der Waals surface area contributed by atoms with E-state index in [1.807, 2.05) is 11.0 Å². The first-order valence-electron chi connectivity index (χ1n) is 12.6. The number of piperazine rings is 1. The number of benzene rings is 2. The molecule has 0 bridgehead atoms. The summed E-state index contributed by atoms with van der Waals surface area (Å²) in [6.07, 6.45) is 6.66. The van der Waals surface area contributed by atoms with Crippen LogP contribution in [0.5, 0.6) is 0 Å². The smallest absolute Gasteiger partial charge is 0.264 e. The zero-order valence-electron chi connectivity index (χ0n) is 20.4. The Balaban J connectivity index is 1.34. The van der Waals surface area contributed by atoms with E-state index in [9.17, 15) is 18.0 Å². The van der Waals surface area contributed by atoms with Gasteiger partial charge in [0.25, 0.3) is 15.9 Å². The molecule has 2 aromatic carbocycles. The van der Waals surface area contributed by atoms with Crippen LogP contribution in [0.1, 0.15) is 55.8 Å². The molecule has 188 valence electrons. The van der Waals surface area contributed by atoms with Gasteiger partial charge in [-0.1, -0.05) is 43.9 Å².